The predicted octanol–water partition coefficient (Wildman–Crippen LogP) is 3.02. The number of aromatic nitrogens is 3. The normalized spacial score (nSPS) is 29.4. The molecule has 1 aromatic rings. The van der Waals surface area contributed by atoms with Crippen molar-refractivity contribution in [2.24, 2.45) is 11.8 Å². The standard InChI is InChI=1S/C10H14Cl2N4/c1-5-3-4-7(6(5)2)13-10-15-8(11)14-9(12)16-10/h5-7H,3-4H2,1-2H3,(H,13,14,15,16). The van der Waals surface area contributed by atoms with Gasteiger partial charge in [0.25, 0.3) is 0 Å². The van der Waals surface area contributed by atoms with Gasteiger partial charge in [-0.2, -0.15) is 15.0 Å². The van der Waals surface area contributed by atoms with Crippen molar-refractivity contribution in [2.45, 2.75) is 32.7 Å². The molecule has 1 aromatic heterocycles. The Morgan fingerprint density at radius 3 is 2.19 bits per heavy atom. The van der Waals surface area contributed by atoms with Crippen LogP contribution < -0.4 is 5.32 Å². The summed E-state index contributed by atoms with van der Waals surface area (Å²) >= 11 is 11.4. The fourth-order valence-electron chi connectivity index (χ4n) is 2.12. The highest BCUT2D eigenvalue weighted by atomic mass is 35.5. The third-order valence-corrected chi connectivity index (χ3v) is 3.70. The number of nitrogens with one attached hydrogen (secondary N) is 1. The van der Waals surface area contributed by atoms with E-state index >= 15 is 0 Å². The van der Waals surface area contributed by atoms with Crippen LogP contribution in [0, 0.1) is 11.8 Å². The Bertz CT molecular complexity index is 365. The van der Waals surface area contributed by atoms with Gasteiger partial charge in [0.1, 0.15) is 0 Å². The molecule has 1 saturated carbocycles. The molecule has 1 aliphatic rings. The maximum atomic E-state index is 5.71. The van der Waals surface area contributed by atoms with Gasteiger partial charge in [0.2, 0.25) is 16.5 Å². The molecule has 0 radical (unpaired) electrons. The lowest BCUT2D eigenvalue weighted by Gasteiger charge is -2.19. The molecule has 0 spiro atoms. The van der Waals surface area contributed by atoms with Gasteiger partial charge < -0.3 is 5.32 Å². The average Bonchev–Trinajstić information content (AvgIpc) is 2.48. The first kappa shape index (κ1) is 11.9. The molecule has 0 aromatic carbocycles. The molecule has 1 N–H and O–H groups in total. The molecule has 0 aliphatic heterocycles. The van der Waals surface area contributed by atoms with E-state index in [4.69, 9.17) is 23.2 Å². The molecule has 1 fully saturated rings. The maximum Gasteiger partial charge on any atom is 0.228 e. The molecule has 16 heavy (non-hydrogen) atoms. The van der Waals surface area contributed by atoms with Crippen molar-refractivity contribution in [1.82, 2.24) is 15.0 Å². The average molecular weight is 261 g/mol. The summed E-state index contributed by atoms with van der Waals surface area (Å²) in [4.78, 5) is 11.7. The molecule has 88 valence electrons. The van der Waals surface area contributed by atoms with Crippen LogP contribution in [0.4, 0.5) is 5.95 Å². The summed E-state index contributed by atoms with van der Waals surface area (Å²) < 4.78 is 0. The van der Waals surface area contributed by atoms with E-state index in [1.165, 1.54) is 6.42 Å². The first-order valence-electron chi connectivity index (χ1n) is 5.40. The monoisotopic (exact) mass is 260 g/mol. The van der Waals surface area contributed by atoms with Gasteiger partial charge in [-0.15, -0.1) is 0 Å². The maximum absolute atomic E-state index is 5.71. The topological polar surface area (TPSA) is 50.7 Å². The van der Waals surface area contributed by atoms with Crippen molar-refractivity contribution in [2.75, 3.05) is 5.32 Å². The Hall–Kier alpha value is -0.610. The second kappa shape index (κ2) is 4.72. The summed E-state index contributed by atoms with van der Waals surface area (Å²) in [6, 6.07) is 0.393. The lowest BCUT2D eigenvalue weighted by atomic mass is 9.98. The Morgan fingerprint density at radius 2 is 1.69 bits per heavy atom. The Labute approximate surface area is 105 Å². The number of rotatable bonds is 2. The van der Waals surface area contributed by atoms with Gasteiger partial charge in [0.05, 0.1) is 0 Å². The molecule has 3 atom stereocenters. The van der Waals surface area contributed by atoms with E-state index in [9.17, 15) is 0 Å². The van der Waals surface area contributed by atoms with Crippen LogP contribution in [0.1, 0.15) is 26.7 Å². The molecule has 0 amide bonds. The zero-order valence-electron chi connectivity index (χ0n) is 9.24. The summed E-state index contributed by atoms with van der Waals surface area (Å²) in [5.41, 5.74) is 0. The zero-order valence-corrected chi connectivity index (χ0v) is 10.8. The number of hydrogen-bond donors (Lipinski definition) is 1. The zero-order chi connectivity index (χ0) is 11.7. The third kappa shape index (κ3) is 2.55. The summed E-state index contributed by atoms with van der Waals surface area (Å²) in [6.45, 7) is 4.50. The highest BCUT2D eigenvalue weighted by molar-refractivity contribution is 6.31. The molecule has 2 rings (SSSR count). The largest absolute Gasteiger partial charge is 0.351 e. The van der Waals surface area contributed by atoms with Crippen LogP contribution in [0.3, 0.4) is 0 Å². The highest BCUT2D eigenvalue weighted by Crippen LogP contribution is 2.32. The van der Waals surface area contributed by atoms with E-state index < -0.39 is 0 Å². The van der Waals surface area contributed by atoms with Crippen LogP contribution in [0.5, 0.6) is 0 Å². The summed E-state index contributed by atoms with van der Waals surface area (Å²) in [7, 11) is 0. The number of anilines is 1. The molecule has 0 saturated heterocycles. The van der Waals surface area contributed by atoms with E-state index in [2.05, 4.69) is 34.1 Å². The minimum atomic E-state index is 0.126. The van der Waals surface area contributed by atoms with E-state index in [-0.39, 0.29) is 10.6 Å². The SMILES string of the molecule is CC1CCC(Nc2nc(Cl)nc(Cl)n2)C1C. The van der Waals surface area contributed by atoms with E-state index in [1.54, 1.807) is 0 Å². The van der Waals surface area contributed by atoms with Crippen LogP contribution in [-0.4, -0.2) is 21.0 Å². The molecule has 0 bridgehead atoms. The first-order valence-corrected chi connectivity index (χ1v) is 6.15. The second-order valence-corrected chi connectivity index (χ2v) is 5.04. The molecule has 6 heteroatoms. The van der Waals surface area contributed by atoms with Gasteiger partial charge in [-0.05, 0) is 47.9 Å². The van der Waals surface area contributed by atoms with Crippen molar-refractivity contribution in [3.8, 4) is 0 Å². The number of halogens is 2. The van der Waals surface area contributed by atoms with Crippen LogP contribution >= 0.6 is 23.2 Å². The minimum absolute atomic E-state index is 0.126. The lowest BCUT2D eigenvalue weighted by Crippen LogP contribution is -2.25. The third-order valence-electron chi connectivity index (χ3n) is 3.36. The molecule has 1 heterocycles. The smallest absolute Gasteiger partial charge is 0.228 e. The van der Waals surface area contributed by atoms with E-state index in [0.717, 1.165) is 12.3 Å². The van der Waals surface area contributed by atoms with Gasteiger partial charge in [0.15, 0.2) is 0 Å². The van der Waals surface area contributed by atoms with Crippen molar-refractivity contribution in [3.05, 3.63) is 10.6 Å². The second-order valence-electron chi connectivity index (χ2n) is 4.36. The summed E-state index contributed by atoms with van der Waals surface area (Å²) in [5, 5.41) is 3.52. The van der Waals surface area contributed by atoms with Crippen LogP contribution in [0.2, 0.25) is 10.6 Å². The van der Waals surface area contributed by atoms with Crippen molar-refractivity contribution in [3.63, 3.8) is 0 Å². The van der Waals surface area contributed by atoms with Crippen LogP contribution in [0.25, 0.3) is 0 Å². The van der Waals surface area contributed by atoms with Gasteiger partial charge in [-0.1, -0.05) is 13.8 Å². The fourth-order valence-corrected chi connectivity index (χ4v) is 2.49. The Kier molecular flexibility index (Phi) is 3.50. The van der Waals surface area contributed by atoms with Gasteiger partial charge in [-0.25, -0.2) is 0 Å². The molecule has 3 unspecified atom stereocenters. The van der Waals surface area contributed by atoms with Gasteiger partial charge >= 0.3 is 0 Å². The highest BCUT2D eigenvalue weighted by Gasteiger charge is 2.30. The van der Waals surface area contributed by atoms with E-state index in [1.807, 2.05) is 0 Å². The molecule has 4 nitrogen and oxygen atoms in total. The number of hydrogen-bond acceptors (Lipinski definition) is 4. The summed E-state index contributed by atoms with van der Waals surface area (Å²) in [6.07, 6.45) is 2.36. The molecule has 1 aliphatic carbocycles. The predicted molar refractivity (Wildman–Crippen MR) is 64.8 cm³/mol. The molecular formula is C10H14Cl2N4. The first-order chi connectivity index (χ1) is 7.56. The minimum Gasteiger partial charge on any atom is -0.351 e. The van der Waals surface area contributed by atoms with Crippen LogP contribution in [0.15, 0.2) is 0 Å². The van der Waals surface area contributed by atoms with Gasteiger partial charge in [-0.3, -0.25) is 0 Å². The van der Waals surface area contributed by atoms with Crippen molar-refractivity contribution < 1.29 is 0 Å². The Balaban J connectivity index is 2.09. The van der Waals surface area contributed by atoms with Crippen LogP contribution in [-0.2, 0) is 0 Å². The lowest BCUT2D eigenvalue weighted by molar-refractivity contribution is 0.434. The quantitative estimate of drug-likeness (QED) is 0.889. The van der Waals surface area contributed by atoms with Gasteiger partial charge in [0, 0.05) is 6.04 Å². The van der Waals surface area contributed by atoms with Crippen molar-refractivity contribution >= 4 is 29.2 Å². The summed E-state index contributed by atoms with van der Waals surface area (Å²) in [5.74, 6) is 1.80. The van der Waals surface area contributed by atoms with E-state index in [0.29, 0.717) is 17.9 Å². The number of nitrogens with zero attached hydrogens (tertiary/aromatic N) is 3. The fraction of sp³-hybridized carbons (Fsp3) is 0.700. The van der Waals surface area contributed by atoms with Crippen molar-refractivity contribution in [1.29, 1.82) is 0 Å². The Morgan fingerprint density at radius 1 is 1.06 bits per heavy atom. The molecular weight excluding hydrogens is 247 g/mol.